The molecule has 3 rings (SSSR count). The summed E-state index contributed by atoms with van der Waals surface area (Å²) in [7, 11) is -3.74. The quantitative estimate of drug-likeness (QED) is 0.206. The van der Waals surface area contributed by atoms with Crippen molar-refractivity contribution in [3.63, 3.8) is 0 Å². The Morgan fingerprint density at radius 3 is 2.12 bits per heavy atom. The number of benzene rings is 1. The first-order chi connectivity index (χ1) is 20.6. The number of carbonyl (C=O) groups is 1. The zero-order chi connectivity index (χ0) is 32.4. The molecule has 4 N–H and O–H groups in total. The average Bonchev–Trinajstić information content (AvgIpc) is 3.00. The highest BCUT2D eigenvalue weighted by Crippen LogP contribution is 2.27. The van der Waals surface area contributed by atoms with Crippen molar-refractivity contribution in [2.75, 3.05) is 50.6 Å². The van der Waals surface area contributed by atoms with Crippen molar-refractivity contribution in [3.05, 3.63) is 35.2 Å². The van der Waals surface area contributed by atoms with Crippen LogP contribution in [0.25, 0.3) is 0 Å². The number of amidine groups is 1. The number of anilines is 1. The molecule has 0 aliphatic carbocycles. The summed E-state index contributed by atoms with van der Waals surface area (Å²) in [4.78, 5) is 15.1. The fraction of sp³-hybridized carbons (Fsp3) is 0.677. The summed E-state index contributed by atoms with van der Waals surface area (Å²) in [6, 6.07) is 4.95. The smallest absolute Gasteiger partial charge is 0.301 e. The SMILES string of the molecule is CC.CCCCCC.CCCCN1N=C(c2cc(NS(=O)(=O)N3CCN(CC)CC3)ccc2OCC)NC(=O)/C1=C(\C)N. The molecule has 0 bridgehead atoms. The number of hydrazone groups is 1. The molecule has 0 aromatic heterocycles. The molecule has 1 aromatic carbocycles. The number of piperazine rings is 1. The second-order valence-corrected chi connectivity index (χ2v) is 11.9. The molecule has 246 valence electrons. The molecule has 2 aliphatic heterocycles. The van der Waals surface area contributed by atoms with Crippen LogP contribution in [0.2, 0.25) is 0 Å². The number of nitrogens with one attached hydrogen (secondary N) is 2. The highest BCUT2D eigenvalue weighted by Gasteiger charge is 2.30. The lowest BCUT2D eigenvalue weighted by atomic mass is 10.1. The largest absolute Gasteiger partial charge is 0.493 e. The van der Waals surface area contributed by atoms with Crippen LogP contribution in [0.15, 0.2) is 34.7 Å². The van der Waals surface area contributed by atoms with Gasteiger partial charge in [-0.25, -0.2) is 0 Å². The Balaban J connectivity index is 0.00000103. The summed E-state index contributed by atoms with van der Waals surface area (Å²) in [5.41, 5.74) is 7.48. The van der Waals surface area contributed by atoms with Gasteiger partial charge in [0.25, 0.3) is 5.91 Å². The maximum absolute atomic E-state index is 13.0. The van der Waals surface area contributed by atoms with Crippen LogP contribution in [0.3, 0.4) is 0 Å². The van der Waals surface area contributed by atoms with E-state index in [0.29, 0.717) is 67.7 Å². The minimum absolute atomic E-state index is 0.275. The Kier molecular flexibility index (Phi) is 17.9. The highest BCUT2D eigenvalue weighted by atomic mass is 32.2. The minimum atomic E-state index is -3.74. The second-order valence-electron chi connectivity index (χ2n) is 10.2. The number of nitrogens with two attached hydrogens (primary N) is 1. The molecule has 0 spiro atoms. The summed E-state index contributed by atoms with van der Waals surface area (Å²) in [5.74, 6) is 0.392. The van der Waals surface area contributed by atoms with E-state index >= 15 is 0 Å². The van der Waals surface area contributed by atoms with E-state index < -0.39 is 10.2 Å². The highest BCUT2D eigenvalue weighted by molar-refractivity contribution is 7.90. The third-order valence-electron chi connectivity index (χ3n) is 6.88. The van der Waals surface area contributed by atoms with Crippen LogP contribution in [-0.2, 0) is 15.0 Å². The van der Waals surface area contributed by atoms with E-state index in [4.69, 9.17) is 10.5 Å². The van der Waals surface area contributed by atoms with Crippen LogP contribution in [0.4, 0.5) is 5.69 Å². The van der Waals surface area contributed by atoms with E-state index in [9.17, 15) is 13.2 Å². The van der Waals surface area contributed by atoms with Crippen molar-refractivity contribution in [1.29, 1.82) is 0 Å². The van der Waals surface area contributed by atoms with Crippen LogP contribution in [0, 0.1) is 0 Å². The Morgan fingerprint density at radius 1 is 1.00 bits per heavy atom. The van der Waals surface area contributed by atoms with Gasteiger partial charge in [-0.15, -0.1) is 0 Å². The number of hydrogen-bond donors (Lipinski definition) is 3. The van der Waals surface area contributed by atoms with Gasteiger partial charge in [-0.1, -0.05) is 73.6 Å². The van der Waals surface area contributed by atoms with Crippen LogP contribution in [-0.4, -0.2) is 80.3 Å². The van der Waals surface area contributed by atoms with Gasteiger partial charge in [0.15, 0.2) is 5.84 Å². The molecule has 11 nitrogen and oxygen atoms in total. The van der Waals surface area contributed by atoms with Gasteiger partial charge in [0.05, 0.1) is 17.9 Å². The maximum Gasteiger partial charge on any atom is 0.301 e. The van der Waals surface area contributed by atoms with Crippen molar-refractivity contribution in [2.24, 2.45) is 10.8 Å². The van der Waals surface area contributed by atoms with E-state index in [0.717, 1.165) is 19.4 Å². The molecule has 43 heavy (non-hydrogen) atoms. The zero-order valence-electron chi connectivity index (χ0n) is 27.8. The number of rotatable bonds is 13. The topological polar surface area (TPSA) is 133 Å². The Bertz CT molecular complexity index is 1140. The lowest BCUT2D eigenvalue weighted by molar-refractivity contribution is -0.118. The molecule has 1 amide bonds. The number of amides is 1. The Morgan fingerprint density at radius 2 is 1.60 bits per heavy atom. The number of hydrogen-bond acceptors (Lipinski definition) is 8. The molecule has 0 saturated carbocycles. The van der Waals surface area contributed by atoms with Gasteiger partial charge < -0.3 is 20.7 Å². The number of nitrogens with zero attached hydrogens (tertiary/aromatic N) is 4. The van der Waals surface area contributed by atoms with Gasteiger partial charge in [-0.3, -0.25) is 14.5 Å². The van der Waals surface area contributed by atoms with Crippen molar-refractivity contribution < 1.29 is 17.9 Å². The predicted molar refractivity (Wildman–Crippen MR) is 178 cm³/mol. The lowest BCUT2D eigenvalue weighted by Gasteiger charge is -2.33. The van der Waals surface area contributed by atoms with E-state index in [1.165, 1.54) is 30.0 Å². The molecule has 0 radical (unpaired) electrons. The maximum atomic E-state index is 13.0. The summed E-state index contributed by atoms with van der Waals surface area (Å²) in [5, 5.41) is 9.03. The van der Waals surface area contributed by atoms with Crippen molar-refractivity contribution in [2.45, 2.75) is 93.9 Å². The molecule has 0 unspecified atom stereocenters. The molecule has 2 heterocycles. The van der Waals surface area contributed by atoms with E-state index in [1.807, 2.05) is 20.8 Å². The van der Waals surface area contributed by atoms with E-state index in [-0.39, 0.29) is 11.7 Å². The van der Waals surface area contributed by atoms with Crippen LogP contribution >= 0.6 is 0 Å². The molecular weight excluding hydrogens is 566 g/mol. The lowest BCUT2D eigenvalue weighted by Crippen LogP contribution is -2.50. The molecular formula is C31H57N7O4S. The third-order valence-corrected chi connectivity index (χ3v) is 8.42. The van der Waals surface area contributed by atoms with Crippen LogP contribution in [0.5, 0.6) is 5.75 Å². The Labute approximate surface area is 261 Å². The number of unbranched alkanes of at least 4 members (excludes halogenated alkanes) is 4. The third kappa shape index (κ3) is 12.0. The molecule has 0 atom stereocenters. The van der Waals surface area contributed by atoms with Crippen molar-refractivity contribution in [3.8, 4) is 5.75 Å². The molecule has 1 saturated heterocycles. The number of allylic oxidation sites excluding steroid dienone is 1. The van der Waals surface area contributed by atoms with Gasteiger partial charge in [0.2, 0.25) is 0 Å². The summed E-state index contributed by atoms with van der Waals surface area (Å²) in [6.45, 7) is 20.2. The van der Waals surface area contributed by atoms with Gasteiger partial charge in [-0.05, 0) is 45.0 Å². The number of ether oxygens (including phenoxy) is 1. The average molecular weight is 624 g/mol. The fourth-order valence-corrected chi connectivity index (χ4v) is 5.71. The molecule has 1 fully saturated rings. The first kappa shape index (κ1) is 38.2. The first-order valence-corrected chi connectivity index (χ1v) is 17.5. The van der Waals surface area contributed by atoms with Gasteiger partial charge in [0.1, 0.15) is 11.4 Å². The van der Waals surface area contributed by atoms with Gasteiger partial charge >= 0.3 is 10.2 Å². The summed E-state index contributed by atoms with van der Waals surface area (Å²) in [6.07, 6.45) is 7.28. The summed E-state index contributed by atoms with van der Waals surface area (Å²) < 4.78 is 35.9. The van der Waals surface area contributed by atoms with Gasteiger partial charge in [0, 0.05) is 38.4 Å². The van der Waals surface area contributed by atoms with Gasteiger partial charge in [-0.2, -0.15) is 17.8 Å². The molecule has 1 aromatic rings. The fourth-order valence-electron chi connectivity index (χ4n) is 4.51. The van der Waals surface area contributed by atoms with Crippen molar-refractivity contribution >= 4 is 27.6 Å². The molecule has 12 heteroatoms. The zero-order valence-corrected chi connectivity index (χ0v) is 28.6. The van der Waals surface area contributed by atoms with E-state index in [2.05, 4.69) is 47.7 Å². The number of carbonyl (C=O) groups excluding carboxylic acids is 1. The standard InChI is InChI=1S/C23H37N7O4S.C6H14.C2H6/c1-5-8-11-30-21(17(4)24)23(31)25-22(26-30)19-16-18(9-10-20(19)34-7-3)27-35(32,33)29-14-12-28(6-2)13-15-29;1-3-5-6-4-2;1-2/h9-10,16,27H,5-8,11-15,24H2,1-4H3,(H,25,26,31);3-6H2,1-2H3;1-2H3/b21-17-;;. The normalized spacial score (nSPS) is 17.1. The molecule has 2 aliphatic rings. The number of likely N-dealkylation sites (N-methyl/N-ethyl adjacent to an activating group) is 1. The first-order valence-electron chi connectivity index (χ1n) is 16.0. The second kappa shape index (κ2) is 20.2. The van der Waals surface area contributed by atoms with Crippen molar-refractivity contribution in [1.82, 2.24) is 19.5 Å². The van der Waals surface area contributed by atoms with E-state index in [1.54, 1.807) is 30.1 Å². The summed E-state index contributed by atoms with van der Waals surface area (Å²) >= 11 is 0. The minimum Gasteiger partial charge on any atom is -0.493 e. The monoisotopic (exact) mass is 623 g/mol. The predicted octanol–water partition coefficient (Wildman–Crippen LogP) is 5.08. The Hall–Kier alpha value is -2.83. The van der Waals surface area contributed by atoms with Crippen LogP contribution in [0.1, 0.15) is 99.5 Å². The van der Waals surface area contributed by atoms with Crippen LogP contribution < -0.4 is 20.5 Å².